The van der Waals surface area contributed by atoms with Gasteiger partial charge in [-0.1, -0.05) is 0 Å². The number of methoxy groups -OCH3 is 1. The van der Waals surface area contributed by atoms with Crippen molar-refractivity contribution >= 4 is 11.7 Å². The zero-order valence-electron chi connectivity index (χ0n) is 9.83. The maximum Gasteiger partial charge on any atom is 0.292 e. The summed E-state index contributed by atoms with van der Waals surface area (Å²) < 4.78 is 30.8. The van der Waals surface area contributed by atoms with E-state index in [1.807, 2.05) is 0 Å². The fraction of sp³-hybridized carbons (Fsp3) is 0.333. The molecule has 0 saturated heterocycles. The van der Waals surface area contributed by atoms with Gasteiger partial charge in [-0.15, -0.1) is 0 Å². The number of ether oxygens (including phenoxy) is 1. The van der Waals surface area contributed by atoms with Gasteiger partial charge in [0.15, 0.2) is 0 Å². The minimum Gasteiger partial charge on any atom is -0.385 e. The zero-order valence-corrected chi connectivity index (χ0v) is 9.83. The van der Waals surface area contributed by atoms with Gasteiger partial charge in [-0.05, 0) is 24.6 Å². The average molecular weight is 257 g/mol. The summed E-state index contributed by atoms with van der Waals surface area (Å²) in [4.78, 5) is 22.9. The van der Waals surface area contributed by atoms with Crippen molar-refractivity contribution in [1.29, 1.82) is 0 Å². The van der Waals surface area contributed by atoms with Gasteiger partial charge < -0.3 is 10.1 Å². The number of benzene rings is 1. The SMILES string of the molecule is COCCCNC(=O)C(=O)c1cc(F)ccc1F. The second kappa shape index (κ2) is 6.80. The first kappa shape index (κ1) is 14.2. The topological polar surface area (TPSA) is 55.4 Å². The zero-order chi connectivity index (χ0) is 13.5. The summed E-state index contributed by atoms with van der Waals surface area (Å²) in [5, 5.41) is 2.30. The highest BCUT2D eigenvalue weighted by Gasteiger charge is 2.20. The number of hydrogen-bond acceptors (Lipinski definition) is 3. The molecule has 1 N–H and O–H groups in total. The second-order valence-corrected chi connectivity index (χ2v) is 3.56. The molecule has 0 atom stereocenters. The molecular weight excluding hydrogens is 244 g/mol. The number of Topliss-reactive ketones (excluding diaryl/α,β-unsaturated/α-hetero) is 1. The molecule has 0 aromatic heterocycles. The Kier molecular flexibility index (Phi) is 5.38. The first-order valence-electron chi connectivity index (χ1n) is 5.32. The van der Waals surface area contributed by atoms with Gasteiger partial charge in [-0.25, -0.2) is 8.78 Å². The molecule has 0 radical (unpaired) electrons. The molecule has 0 saturated carbocycles. The molecule has 4 nitrogen and oxygen atoms in total. The summed E-state index contributed by atoms with van der Waals surface area (Å²) in [6.45, 7) is 0.665. The monoisotopic (exact) mass is 257 g/mol. The summed E-state index contributed by atoms with van der Waals surface area (Å²) in [6.07, 6.45) is 0.529. The van der Waals surface area contributed by atoms with Crippen molar-refractivity contribution in [2.24, 2.45) is 0 Å². The van der Waals surface area contributed by atoms with Gasteiger partial charge in [0.25, 0.3) is 11.7 Å². The molecule has 0 bridgehead atoms. The molecule has 0 heterocycles. The third-order valence-corrected chi connectivity index (χ3v) is 2.19. The van der Waals surface area contributed by atoms with E-state index in [4.69, 9.17) is 4.74 Å². The van der Waals surface area contributed by atoms with Crippen LogP contribution in [0.5, 0.6) is 0 Å². The van der Waals surface area contributed by atoms with Crippen molar-refractivity contribution in [3.8, 4) is 0 Å². The lowest BCUT2D eigenvalue weighted by atomic mass is 10.1. The Bertz CT molecular complexity index is 449. The summed E-state index contributed by atoms with van der Waals surface area (Å²) in [7, 11) is 1.51. The van der Waals surface area contributed by atoms with Gasteiger partial charge in [0.05, 0.1) is 5.56 Å². The van der Waals surface area contributed by atoms with Crippen LogP contribution in [-0.4, -0.2) is 32.0 Å². The molecule has 0 fully saturated rings. The Morgan fingerprint density at radius 2 is 2.06 bits per heavy atom. The lowest BCUT2D eigenvalue weighted by Gasteiger charge is -2.05. The van der Waals surface area contributed by atoms with Crippen LogP contribution in [0.2, 0.25) is 0 Å². The number of ketones is 1. The molecule has 1 amide bonds. The lowest BCUT2D eigenvalue weighted by molar-refractivity contribution is -0.117. The fourth-order valence-electron chi connectivity index (χ4n) is 1.29. The number of nitrogens with one attached hydrogen (secondary N) is 1. The van der Waals surface area contributed by atoms with Gasteiger partial charge in [0.2, 0.25) is 0 Å². The molecule has 1 rings (SSSR count). The lowest BCUT2D eigenvalue weighted by Crippen LogP contribution is -2.32. The van der Waals surface area contributed by atoms with Gasteiger partial charge in [-0.3, -0.25) is 9.59 Å². The molecule has 0 spiro atoms. The van der Waals surface area contributed by atoms with E-state index in [1.165, 1.54) is 7.11 Å². The molecule has 0 aliphatic carbocycles. The first-order chi connectivity index (χ1) is 8.56. The van der Waals surface area contributed by atoms with Gasteiger partial charge >= 0.3 is 0 Å². The van der Waals surface area contributed by atoms with Crippen LogP contribution >= 0.6 is 0 Å². The average Bonchev–Trinajstić information content (AvgIpc) is 2.36. The standard InChI is InChI=1S/C12H13F2NO3/c1-18-6-2-5-15-12(17)11(16)9-7-8(13)3-4-10(9)14/h3-4,7H,2,5-6H2,1H3,(H,15,17). The molecule has 0 aliphatic heterocycles. The maximum absolute atomic E-state index is 13.2. The predicted molar refractivity (Wildman–Crippen MR) is 60.2 cm³/mol. The molecular formula is C12H13F2NO3. The summed E-state index contributed by atoms with van der Waals surface area (Å²) in [6, 6.07) is 2.38. The van der Waals surface area contributed by atoms with E-state index >= 15 is 0 Å². The summed E-state index contributed by atoms with van der Waals surface area (Å²) in [5.41, 5.74) is -0.570. The highest BCUT2D eigenvalue weighted by atomic mass is 19.1. The molecule has 0 aliphatic rings. The maximum atomic E-state index is 13.2. The third-order valence-electron chi connectivity index (χ3n) is 2.19. The molecule has 1 aromatic rings. The fourth-order valence-corrected chi connectivity index (χ4v) is 1.29. The smallest absolute Gasteiger partial charge is 0.292 e. The Hall–Kier alpha value is -1.82. The number of hydrogen-bond donors (Lipinski definition) is 1. The van der Waals surface area contributed by atoms with Gasteiger partial charge in [-0.2, -0.15) is 0 Å². The first-order valence-corrected chi connectivity index (χ1v) is 5.32. The summed E-state index contributed by atoms with van der Waals surface area (Å²) >= 11 is 0. The normalized spacial score (nSPS) is 10.2. The van der Waals surface area contributed by atoms with E-state index in [2.05, 4.69) is 5.32 Å². The van der Waals surface area contributed by atoms with Crippen molar-refractivity contribution in [2.75, 3.05) is 20.3 Å². The molecule has 1 aromatic carbocycles. The quantitative estimate of drug-likeness (QED) is 0.475. The molecule has 0 unspecified atom stereocenters. The highest BCUT2D eigenvalue weighted by molar-refractivity contribution is 6.42. The van der Waals surface area contributed by atoms with Crippen LogP contribution in [0.4, 0.5) is 8.78 Å². The Balaban J connectivity index is 2.63. The van der Waals surface area contributed by atoms with Crippen LogP contribution < -0.4 is 5.32 Å². The minimum absolute atomic E-state index is 0.231. The van der Waals surface area contributed by atoms with Crippen LogP contribution in [0.1, 0.15) is 16.8 Å². The van der Waals surface area contributed by atoms with Crippen molar-refractivity contribution in [3.63, 3.8) is 0 Å². The Labute approximate surface area is 103 Å². The van der Waals surface area contributed by atoms with Crippen molar-refractivity contribution in [2.45, 2.75) is 6.42 Å². The van der Waals surface area contributed by atoms with Crippen LogP contribution in [0.25, 0.3) is 0 Å². The number of amides is 1. The molecule has 98 valence electrons. The number of carbonyl (C=O) groups is 2. The highest BCUT2D eigenvalue weighted by Crippen LogP contribution is 2.10. The van der Waals surface area contributed by atoms with E-state index in [0.717, 1.165) is 12.1 Å². The van der Waals surface area contributed by atoms with E-state index < -0.39 is 28.9 Å². The van der Waals surface area contributed by atoms with Crippen LogP contribution in [-0.2, 0) is 9.53 Å². The van der Waals surface area contributed by atoms with Gasteiger partial charge in [0, 0.05) is 20.3 Å². The van der Waals surface area contributed by atoms with E-state index in [-0.39, 0.29) is 6.54 Å². The van der Waals surface area contributed by atoms with Crippen LogP contribution in [0.15, 0.2) is 18.2 Å². The molecule has 6 heteroatoms. The van der Waals surface area contributed by atoms with E-state index in [1.54, 1.807) is 0 Å². The Morgan fingerprint density at radius 3 is 2.72 bits per heavy atom. The third kappa shape index (κ3) is 3.89. The summed E-state index contributed by atoms with van der Waals surface area (Å²) in [5.74, 6) is -3.75. The largest absolute Gasteiger partial charge is 0.385 e. The Morgan fingerprint density at radius 1 is 1.33 bits per heavy atom. The van der Waals surface area contributed by atoms with Crippen molar-refractivity contribution < 1.29 is 23.1 Å². The van der Waals surface area contributed by atoms with E-state index in [0.29, 0.717) is 19.1 Å². The second-order valence-electron chi connectivity index (χ2n) is 3.56. The van der Waals surface area contributed by atoms with E-state index in [9.17, 15) is 18.4 Å². The number of rotatable bonds is 6. The minimum atomic E-state index is -1.09. The van der Waals surface area contributed by atoms with Crippen molar-refractivity contribution in [3.05, 3.63) is 35.4 Å². The number of carbonyl (C=O) groups excluding carboxylic acids is 2. The van der Waals surface area contributed by atoms with Crippen LogP contribution in [0, 0.1) is 11.6 Å². The van der Waals surface area contributed by atoms with Gasteiger partial charge in [0.1, 0.15) is 11.6 Å². The van der Waals surface area contributed by atoms with Crippen molar-refractivity contribution in [1.82, 2.24) is 5.32 Å². The van der Waals surface area contributed by atoms with Crippen LogP contribution in [0.3, 0.4) is 0 Å². The number of halogens is 2. The molecule has 18 heavy (non-hydrogen) atoms. The predicted octanol–water partition coefficient (Wildman–Crippen LogP) is 1.30.